The number of carbonyl (C=O) groups is 2. The van der Waals surface area contributed by atoms with Crippen molar-refractivity contribution in [1.29, 1.82) is 0 Å². The van der Waals surface area contributed by atoms with Crippen LogP contribution in [-0.4, -0.2) is 33.7 Å². The van der Waals surface area contributed by atoms with Crippen molar-refractivity contribution >= 4 is 46.1 Å². The number of para-hydroxylation sites is 2. The molecule has 0 aliphatic heterocycles. The summed E-state index contributed by atoms with van der Waals surface area (Å²) >= 11 is 1.20. The van der Waals surface area contributed by atoms with E-state index in [1.807, 2.05) is 54.6 Å². The van der Waals surface area contributed by atoms with Crippen LogP contribution in [0.3, 0.4) is 0 Å². The molecule has 0 saturated heterocycles. The standard InChI is InChI=1S/C20H21N5O2S/c1-3-21-19(27)25-18(26)13(2)28-20-23-16-12-8-7-11-15(16)17(24-20)22-14-9-5-4-6-10-14/h4-13H,3H2,1-2H3,(H,22,23,24)(H2,21,25,26,27)/t13-/m1/s1. The van der Waals surface area contributed by atoms with Crippen molar-refractivity contribution in [2.75, 3.05) is 11.9 Å². The maximum absolute atomic E-state index is 12.2. The number of benzene rings is 2. The molecule has 3 amide bonds. The lowest BCUT2D eigenvalue weighted by Gasteiger charge is -2.13. The van der Waals surface area contributed by atoms with Gasteiger partial charge in [-0.1, -0.05) is 42.1 Å². The average molecular weight is 395 g/mol. The van der Waals surface area contributed by atoms with Crippen molar-refractivity contribution in [3.8, 4) is 0 Å². The van der Waals surface area contributed by atoms with Gasteiger partial charge in [0.2, 0.25) is 5.91 Å². The topological polar surface area (TPSA) is 96.0 Å². The number of anilines is 2. The second-order valence-electron chi connectivity index (χ2n) is 5.97. The fourth-order valence-corrected chi connectivity index (χ4v) is 3.27. The maximum Gasteiger partial charge on any atom is 0.321 e. The number of urea groups is 1. The largest absolute Gasteiger partial charge is 0.340 e. The molecule has 0 bridgehead atoms. The zero-order chi connectivity index (χ0) is 19.9. The summed E-state index contributed by atoms with van der Waals surface area (Å²) in [6, 6.07) is 16.9. The molecule has 1 atom stereocenters. The maximum atomic E-state index is 12.2. The minimum atomic E-state index is -0.534. The van der Waals surface area contributed by atoms with Gasteiger partial charge in [0.05, 0.1) is 10.8 Å². The smallest absolute Gasteiger partial charge is 0.321 e. The fourth-order valence-electron chi connectivity index (χ4n) is 2.49. The van der Waals surface area contributed by atoms with E-state index in [4.69, 9.17) is 0 Å². The van der Waals surface area contributed by atoms with Crippen LogP contribution in [0.2, 0.25) is 0 Å². The molecular formula is C20H21N5O2S. The molecule has 0 unspecified atom stereocenters. The molecule has 144 valence electrons. The van der Waals surface area contributed by atoms with Gasteiger partial charge in [0.25, 0.3) is 0 Å². The van der Waals surface area contributed by atoms with Crippen LogP contribution in [0, 0.1) is 0 Å². The van der Waals surface area contributed by atoms with E-state index >= 15 is 0 Å². The fraction of sp³-hybridized carbons (Fsp3) is 0.200. The molecule has 0 spiro atoms. The van der Waals surface area contributed by atoms with E-state index < -0.39 is 17.2 Å². The van der Waals surface area contributed by atoms with E-state index in [1.165, 1.54) is 11.8 Å². The summed E-state index contributed by atoms with van der Waals surface area (Å²) in [6.07, 6.45) is 0. The Labute approximate surface area is 167 Å². The van der Waals surface area contributed by atoms with Crippen molar-refractivity contribution in [2.45, 2.75) is 24.3 Å². The van der Waals surface area contributed by atoms with Crippen molar-refractivity contribution in [1.82, 2.24) is 20.6 Å². The van der Waals surface area contributed by atoms with Crippen LogP contribution in [0.1, 0.15) is 13.8 Å². The lowest BCUT2D eigenvalue weighted by Crippen LogP contribution is -2.42. The highest BCUT2D eigenvalue weighted by atomic mass is 32.2. The second kappa shape index (κ2) is 9.18. The molecule has 0 aliphatic rings. The summed E-state index contributed by atoms with van der Waals surface area (Å²) in [5, 5.41) is 8.96. The Kier molecular flexibility index (Phi) is 6.44. The minimum Gasteiger partial charge on any atom is -0.340 e. The van der Waals surface area contributed by atoms with Crippen LogP contribution < -0.4 is 16.0 Å². The van der Waals surface area contributed by atoms with E-state index in [2.05, 4.69) is 25.9 Å². The average Bonchev–Trinajstić information content (AvgIpc) is 2.69. The third-order valence-electron chi connectivity index (χ3n) is 3.84. The predicted molar refractivity (Wildman–Crippen MR) is 112 cm³/mol. The Hall–Kier alpha value is -3.13. The number of aromatic nitrogens is 2. The summed E-state index contributed by atoms with van der Waals surface area (Å²) in [5.41, 5.74) is 1.68. The lowest BCUT2D eigenvalue weighted by molar-refractivity contribution is -0.119. The zero-order valence-corrected chi connectivity index (χ0v) is 16.4. The normalized spacial score (nSPS) is 11.6. The third kappa shape index (κ3) is 4.98. The molecule has 8 heteroatoms. The predicted octanol–water partition coefficient (Wildman–Crippen LogP) is 3.70. The summed E-state index contributed by atoms with van der Waals surface area (Å²) in [4.78, 5) is 32.9. The Morgan fingerprint density at radius 1 is 1.04 bits per heavy atom. The van der Waals surface area contributed by atoms with Gasteiger partial charge in [-0.3, -0.25) is 10.1 Å². The molecule has 0 saturated carbocycles. The lowest BCUT2D eigenvalue weighted by atomic mass is 10.2. The van der Waals surface area contributed by atoms with Crippen LogP contribution in [-0.2, 0) is 4.79 Å². The molecule has 2 aromatic carbocycles. The first-order valence-corrected chi connectivity index (χ1v) is 9.79. The van der Waals surface area contributed by atoms with E-state index in [9.17, 15) is 9.59 Å². The van der Waals surface area contributed by atoms with Gasteiger partial charge in [0.15, 0.2) is 5.16 Å². The van der Waals surface area contributed by atoms with Gasteiger partial charge >= 0.3 is 6.03 Å². The Bertz CT molecular complexity index is 981. The number of amides is 3. The molecule has 3 N–H and O–H groups in total. The van der Waals surface area contributed by atoms with Crippen molar-refractivity contribution < 1.29 is 9.59 Å². The number of nitrogens with one attached hydrogen (secondary N) is 3. The number of thioether (sulfide) groups is 1. The number of rotatable bonds is 6. The molecule has 0 radical (unpaired) electrons. The molecule has 1 aromatic heterocycles. The van der Waals surface area contributed by atoms with Crippen molar-refractivity contribution in [2.24, 2.45) is 0 Å². The summed E-state index contributed by atoms with van der Waals surface area (Å²) < 4.78 is 0. The Balaban J connectivity index is 1.83. The van der Waals surface area contributed by atoms with Crippen LogP contribution in [0.15, 0.2) is 59.8 Å². The highest BCUT2D eigenvalue weighted by Crippen LogP contribution is 2.28. The summed E-state index contributed by atoms with van der Waals surface area (Å²) in [5.74, 6) is 0.265. The van der Waals surface area contributed by atoms with Gasteiger partial charge in [-0.15, -0.1) is 0 Å². The van der Waals surface area contributed by atoms with Gasteiger partial charge in [-0.2, -0.15) is 0 Å². The highest BCUT2D eigenvalue weighted by molar-refractivity contribution is 8.00. The number of hydrogen-bond donors (Lipinski definition) is 3. The quantitative estimate of drug-likeness (QED) is 0.435. The first-order valence-electron chi connectivity index (χ1n) is 8.91. The molecule has 7 nitrogen and oxygen atoms in total. The SMILES string of the molecule is CCNC(=O)NC(=O)[C@@H](C)Sc1nc(Nc2ccccc2)c2ccccc2n1. The Morgan fingerprint density at radius 3 is 2.50 bits per heavy atom. The third-order valence-corrected chi connectivity index (χ3v) is 4.81. The number of nitrogens with zero attached hydrogens (tertiary/aromatic N) is 2. The van der Waals surface area contributed by atoms with Crippen molar-refractivity contribution in [3.05, 3.63) is 54.6 Å². The first kappa shape index (κ1) is 19.6. The molecular weight excluding hydrogens is 374 g/mol. The molecule has 3 rings (SSSR count). The number of fused-ring (bicyclic) bond motifs is 1. The number of carbonyl (C=O) groups excluding carboxylic acids is 2. The van der Waals surface area contributed by atoms with Gasteiger partial charge < -0.3 is 10.6 Å². The Morgan fingerprint density at radius 2 is 1.75 bits per heavy atom. The molecule has 1 heterocycles. The van der Waals surface area contributed by atoms with E-state index in [1.54, 1.807) is 13.8 Å². The van der Waals surface area contributed by atoms with Gasteiger partial charge in [0.1, 0.15) is 5.82 Å². The van der Waals surface area contributed by atoms with Crippen molar-refractivity contribution in [3.63, 3.8) is 0 Å². The number of hydrogen-bond acceptors (Lipinski definition) is 6. The summed E-state index contributed by atoms with van der Waals surface area (Å²) in [7, 11) is 0. The van der Waals surface area contributed by atoms with Crippen LogP contribution in [0.25, 0.3) is 10.9 Å². The second-order valence-corrected chi connectivity index (χ2v) is 7.28. The number of imide groups is 1. The van der Waals surface area contributed by atoms with Crippen LogP contribution in [0.4, 0.5) is 16.3 Å². The van der Waals surface area contributed by atoms with Gasteiger partial charge in [-0.05, 0) is 38.1 Å². The van der Waals surface area contributed by atoms with Crippen LogP contribution in [0.5, 0.6) is 0 Å². The van der Waals surface area contributed by atoms with Crippen LogP contribution >= 0.6 is 11.8 Å². The molecule has 0 fully saturated rings. The van der Waals surface area contributed by atoms with Gasteiger partial charge in [0, 0.05) is 17.6 Å². The zero-order valence-electron chi connectivity index (χ0n) is 15.6. The minimum absolute atomic E-state index is 0.398. The molecule has 0 aliphatic carbocycles. The monoisotopic (exact) mass is 395 g/mol. The first-order chi connectivity index (χ1) is 13.6. The molecule has 3 aromatic rings. The molecule has 28 heavy (non-hydrogen) atoms. The van der Waals surface area contributed by atoms with E-state index in [-0.39, 0.29) is 0 Å². The van der Waals surface area contributed by atoms with E-state index in [0.717, 1.165) is 16.6 Å². The van der Waals surface area contributed by atoms with Gasteiger partial charge in [-0.25, -0.2) is 14.8 Å². The van der Waals surface area contributed by atoms with E-state index in [0.29, 0.717) is 17.5 Å². The highest BCUT2D eigenvalue weighted by Gasteiger charge is 2.19. The summed E-state index contributed by atoms with van der Waals surface area (Å²) in [6.45, 7) is 3.94.